The molecule has 1 aromatic rings. The second-order valence-electron chi connectivity index (χ2n) is 5.24. The van der Waals surface area contributed by atoms with E-state index in [0.717, 1.165) is 26.2 Å². The Morgan fingerprint density at radius 2 is 2.10 bits per heavy atom. The number of hydrogen-bond acceptors (Lipinski definition) is 5. The first-order chi connectivity index (χ1) is 9.99. The number of piperazine rings is 1. The Morgan fingerprint density at radius 1 is 1.43 bits per heavy atom. The molecular weight excluding hydrogens is 274 g/mol. The van der Waals surface area contributed by atoms with Gasteiger partial charge in [0.15, 0.2) is 0 Å². The van der Waals surface area contributed by atoms with E-state index in [2.05, 4.69) is 10.4 Å². The number of aryl methyl sites for hydroxylation is 1. The normalized spacial score (nSPS) is 15.5. The SMILES string of the molecule is CN(CC(=O)N1CCNCC1)Cc1c(C(=O)O)cnn1C. The standard InChI is InChI=1S/C13H21N5O3/c1-16(9-12(19)18-5-3-14-4-6-18)8-11-10(13(20)21)7-15-17(11)2/h7,14H,3-6,8-9H2,1-2H3,(H,20,21). The van der Waals surface area contributed by atoms with Gasteiger partial charge in [-0.15, -0.1) is 0 Å². The van der Waals surface area contributed by atoms with E-state index < -0.39 is 5.97 Å². The molecule has 8 nitrogen and oxygen atoms in total. The summed E-state index contributed by atoms with van der Waals surface area (Å²) in [6.45, 7) is 3.72. The average molecular weight is 295 g/mol. The molecule has 1 fully saturated rings. The molecule has 0 saturated carbocycles. The van der Waals surface area contributed by atoms with Crippen molar-refractivity contribution in [3.63, 3.8) is 0 Å². The van der Waals surface area contributed by atoms with E-state index >= 15 is 0 Å². The summed E-state index contributed by atoms with van der Waals surface area (Å²) in [6, 6.07) is 0. The Kier molecular flexibility index (Phi) is 4.92. The quantitative estimate of drug-likeness (QED) is 0.723. The van der Waals surface area contributed by atoms with Gasteiger partial charge in [0.2, 0.25) is 5.91 Å². The number of nitrogens with one attached hydrogen (secondary N) is 1. The van der Waals surface area contributed by atoms with Crippen molar-refractivity contribution >= 4 is 11.9 Å². The molecule has 1 aliphatic heterocycles. The number of hydrogen-bond donors (Lipinski definition) is 2. The molecule has 0 aromatic carbocycles. The molecule has 0 bridgehead atoms. The number of likely N-dealkylation sites (N-methyl/N-ethyl adjacent to an activating group) is 1. The number of amides is 1. The van der Waals surface area contributed by atoms with Crippen LogP contribution in [0.4, 0.5) is 0 Å². The second kappa shape index (κ2) is 6.68. The third-order valence-corrected chi connectivity index (χ3v) is 3.59. The van der Waals surface area contributed by atoms with Crippen LogP contribution in [0.15, 0.2) is 6.20 Å². The number of aromatic nitrogens is 2. The number of carbonyl (C=O) groups excluding carboxylic acids is 1. The van der Waals surface area contributed by atoms with E-state index in [0.29, 0.717) is 12.2 Å². The van der Waals surface area contributed by atoms with Gasteiger partial charge in [-0.1, -0.05) is 0 Å². The van der Waals surface area contributed by atoms with Crippen LogP contribution in [0.25, 0.3) is 0 Å². The highest BCUT2D eigenvalue weighted by Crippen LogP contribution is 2.10. The van der Waals surface area contributed by atoms with Gasteiger partial charge in [-0.05, 0) is 7.05 Å². The van der Waals surface area contributed by atoms with Crippen LogP contribution in [0.1, 0.15) is 16.1 Å². The fourth-order valence-electron chi connectivity index (χ4n) is 2.39. The van der Waals surface area contributed by atoms with Crippen LogP contribution in [0.2, 0.25) is 0 Å². The third kappa shape index (κ3) is 3.79. The van der Waals surface area contributed by atoms with Gasteiger partial charge in [0.05, 0.1) is 18.4 Å². The minimum atomic E-state index is -1.00. The smallest absolute Gasteiger partial charge is 0.339 e. The van der Waals surface area contributed by atoms with Gasteiger partial charge in [-0.2, -0.15) is 5.10 Å². The number of aromatic carboxylic acids is 1. The molecule has 0 aliphatic carbocycles. The molecule has 0 unspecified atom stereocenters. The fraction of sp³-hybridized carbons (Fsp3) is 0.615. The maximum Gasteiger partial charge on any atom is 0.339 e. The first-order valence-electron chi connectivity index (χ1n) is 6.90. The van der Waals surface area contributed by atoms with Crippen LogP contribution in [-0.4, -0.2) is 76.3 Å². The summed E-state index contributed by atoms with van der Waals surface area (Å²) in [4.78, 5) is 26.9. The van der Waals surface area contributed by atoms with Crippen LogP contribution >= 0.6 is 0 Å². The molecule has 1 aliphatic rings. The molecule has 1 amide bonds. The highest BCUT2D eigenvalue weighted by Gasteiger charge is 2.20. The van der Waals surface area contributed by atoms with Crippen molar-refractivity contribution in [2.24, 2.45) is 7.05 Å². The summed E-state index contributed by atoms with van der Waals surface area (Å²) < 4.78 is 1.54. The van der Waals surface area contributed by atoms with Crippen LogP contribution in [0.5, 0.6) is 0 Å². The van der Waals surface area contributed by atoms with Crippen molar-refractivity contribution in [2.75, 3.05) is 39.8 Å². The largest absolute Gasteiger partial charge is 0.478 e. The van der Waals surface area contributed by atoms with E-state index in [4.69, 9.17) is 5.11 Å². The van der Waals surface area contributed by atoms with Gasteiger partial charge in [0.25, 0.3) is 0 Å². The van der Waals surface area contributed by atoms with Crippen molar-refractivity contribution in [3.8, 4) is 0 Å². The molecule has 2 N–H and O–H groups in total. The van der Waals surface area contributed by atoms with Crippen molar-refractivity contribution < 1.29 is 14.7 Å². The summed E-state index contributed by atoms with van der Waals surface area (Å²) in [6.07, 6.45) is 1.34. The predicted octanol–water partition coefficient (Wildman–Crippen LogP) is -1.02. The molecule has 1 aromatic heterocycles. The predicted molar refractivity (Wildman–Crippen MR) is 76.0 cm³/mol. The van der Waals surface area contributed by atoms with Crippen LogP contribution < -0.4 is 5.32 Å². The maximum atomic E-state index is 12.2. The Balaban J connectivity index is 1.95. The molecule has 2 heterocycles. The third-order valence-electron chi connectivity index (χ3n) is 3.59. The Morgan fingerprint density at radius 3 is 2.71 bits per heavy atom. The maximum absolute atomic E-state index is 12.2. The molecular formula is C13H21N5O3. The van der Waals surface area contributed by atoms with Gasteiger partial charge in [0.1, 0.15) is 5.56 Å². The molecule has 8 heteroatoms. The lowest BCUT2D eigenvalue weighted by molar-refractivity contribution is -0.132. The topological polar surface area (TPSA) is 90.7 Å². The Bertz CT molecular complexity index is 522. The number of carboxylic acids is 1. The molecule has 0 radical (unpaired) electrons. The molecule has 0 atom stereocenters. The lowest BCUT2D eigenvalue weighted by Gasteiger charge is -2.29. The summed E-state index contributed by atoms with van der Waals surface area (Å²) in [5.41, 5.74) is 0.775. The number of nitrogens with zero attached hydrogens (tertiary/aromatic N) is 4. The first kappa shape index (κ1) is 15.5. The lowest BCUT2D eigenvalue weighted by atomic mass is 10.2. The summed E-state index contributed by atoms with van der Waals surface area (Å²) in [5.74, 6) is -0.932. The zero-order valence-corrected chi connectivity index (χ0v) is 12.4. The summed E-state index contributed by atoms with van der Waals surface area (Å²) >= 11 is 0. The Hall–Kier alpha value is -1.93. The van der Waals surface area contributed by atoms with E-state index in [-0.39, 0.29) is 18.0 Å². The molecule has 1 saturated heterocycles. The summed E-state index contributed by atoms with van der Waals surface area (Å²) in [7, 11) is 3.51. The minimum Gasteiger partial charge on any atom is -0.478 e. The van der Waals surface area contributed by atoms with Gasteiger partial charge < -0.3 is 15.3 Å². The Labute approximate surface area is 123 Å². The number of carboxylic acid groups (broad SMARTS) is 1. The van der Waals surface area contributed by atoms with E-state index in [1.165, 1.54) is 10.9 Å². The van der Waals surface area contributed by atoms with Gasteiger partial charge in [-0.25, -0.2) is 4.79 Å². The van der Waals surface area contributed by atoms with Crippen LogP contribution in [0.3, 0.4) is 0 Å². The van der Waals surface area contributed by atoms with Crippen molar-refractivity contribution in [1.82, 2.24) is 24.9 Å². The van der Waals surface area contributed by atoms with Crippen LogP contribution in [-0.2, 0) is 18.4 Å². The van der Waals surface area contributed by atoms with Crippen molar-refractivity contribution in [1.29, 1.82) is 0 Å². The zero-order valence-electron chi connectivity index (χ0n) is 12.4. The highest BCUT2D eigenvalue weighted by molar-refractivity contribution is 5.88. The highest BCUT2D eigenvalue weighted by atomic mass is 16.4. The van der Waals surface area contributed by atoms with Gasteiger partial charge >= 0.3 is 5.97 Å². The molecule has 0 spiro atoms. The zero-order chi connectivity index (χ0) is 15.4. The van der Waals surface area contributed by atoms with Crippen molar-refractivity contribution in [2.45, 2.75) is 6.54 Å². The van der Waals surface area contributed by atoms with E-state index in [1.54, 1.807) is 14.1 Å². The average Bonchev–Trinajstić information content (AvgIpc) is 2.81. The molecule has 2 rings (SSSR count). The second-order valence-corrected chi connectivity index (χ2v) is 5.24. The lowest BCUT2D eigenvalue weighted by Crippen LogP contribution is -2.49. The van der Waals surface area contributed by atoms with E-state index in [1.807, 2.05) is 9.80 Å². The van der Waals surface area contributed by atoms with E-state index in [9.17, 15) is 9.59 Å². The van der Waals surface area contributed by atoms with Crippen molar-refractivity contribution in [3.05, 3.63) is 17.5 Å². The summed E-state index contributed by atoms with van der Waals surface area (Å²) in [5, 5.41) is 16.3. The monoisotopic (exact) mass is 295 g/mol. The number of carbonyl (C=O) groups is 2. The molecule has 116 valence electrons. The first-order valence-corrected chi connectivity index (χ1v) is 6.90. The molecule has 21 heavy (non-hydrogen) atoms. The van der Waals surface area contributed by atoms with Crippen LogP contribution in [0, 0.1) is 0 Å². The number of rotatable bonds is 5. The van der Waals surface area contributed by atoms with Gasteiger partial charge in [0, 0.05) is 39.8 Å². The fourth-order valence-corrected chi connectivity index (χ4v) is 2.39. The van der Waals surface area contributed by atoms with Gasteiger partial charge in [-0.3, -0.25) is 14.4 Å². The minimum absolute atomic E-state index is 0.0676.